The highest BCUT2D eigenvalue weighted by Gasteiger charge is 2.39. The first kappa shape index (κ1) is 16.9. The quantitative estimate of drug-likeness (QED) is 0.476. The van der Waals surface area contributed by atoms with E-state index in [2.05, 4.69) is 0 Å². The van der Waals surface area contributed by atoms with Crippen LogP contribution >= 0.6 is 0 Å². The third-order valence-electron chi connectivity index (χ3n) is 2.23. The number of hydrogen-bond donors (Lipinski definition) is 0. The summed E-state index contributed by atoms with van der Waals surface area (Å²) >= 11 is 0. The Bertz CT molecular complexity index is 194. The van der Waals surface area contributed by atoms with E-state index in [9.17, 15) is 13.2 Å². The molecule has 0 spiro atoms. The summed E-state index contributed by atoms with van der Waals surface area (Å²) in [5, 5.41) is 0. The maximum absolute atomic E-state index is 12.0. The highest BCUT2D eigenvalue weighted by atomic mass is 28.4. The van der Waals surface area contributed by atoms with Gasteiger partial charge in [0.25, 0.3) is 0 Å². The molecular weight excluding hydrogens is 253 g/mol. The van der Waals surface area contributed by atoms with E-state index < -0.39 is 21.4 Å². The fourth-order valence-electron chi connectivity index (χ4n) is 1.51. The van der Waals surface area contributed by atoms with Crippen LogP contribution in [0, 0.1) is 0 Å². The number of unbranched alkanes of at least 4 members (excludes halogenated alkanes) is 1. The van der Waals surface area contributed by atoms with Gasteiger partial charge in [0.2, 0.25) is 0 Å². The third-order valence-corrected chi connectivity index (χ3v) is 5.28. The van der Waals surface area contributed by atoms with Gasteiger partial charge in [-0.15, -0.1) is 0 Å². The Morgan fingerprint density at radius 3 is 1.88 bits per heavy atom. The lowest BCUT2D eigenvalue weighted by Crippen LogP contribution is -2.44. The molecule has 17 heavy (non-hydrogen) atoms. The second-order valence-electron chi connectivity index (χ2n) is 3.58. The SMILES string of the molecule is CCO[Si](CCCCC(F)(F)F)(OC)OCC. The Labute approximate surface area is 102 Å². The van der Waals surface area contributed by atoms with Gasteiger partial charge < -0.3 is 13.3 Å². The monoisotopic (exact) mass is 274 g/mol. The molecule has 0 saturated carbocycles. The van der Waals surface area contributed by atoms with E-state index in [0.717, 1.165) is 0 Å². The summed E-state index contributed by atoms with van der Waals surface area (Å²) in [5.74, 6) is 0. The maximum Gasteiger partial charge on any atom is 0.500 e. The summed E-state index contributed by atoms with van der Waals surface area (Å²) in [6.07, 6.45) is -4.37. The Morgan fingerprint density at radius 2 is 1.53 bits per heavy atom. The second-order valence-corrected chi connectivity index (χ2v) is 6.43. The minimum Gasteiger partial charge on any atom is -0.377 e. The van der Waals surface area contributed by atoms with E-state index in [4.69, 9.17) is 13.3 Å². The zero-order chi connectivity index (χ0) is 13.4. The fourth-order valence-corrected chi connectivity index (χ4v) is 3.89. The van der Waals surface area contributed by atoms with Crippen LogP contribution in [0.15, 0.2) is 0 Å². The Balaban J connectivity index is 4.07. The van der Waals surface area contributed by atoms with E-state index in [0.29, 0.717) is 25.7 Å². The molecule has 0 aliphatic rings. The molecule has 0 amide bonds. The lowest BCUT2D eigenvalue weighted by Gasteiger charge is -2.27. The zero-order valence-electron chi connectivity index (χ0n) is 10.6. The van der Waals surface area contributed by atoms with Crippen molar-refractivity contribution < 1.29 is 26.4 Å². The summed E-state index contributed by atoms with van der Waals surface area (Å²) in [5.41, 5.74) is 0. The summed E-state index contributed by atoms with van der Waals surface area (Å²) in [7, 11) is -1.25. The molecular formula is C10H21F3O3Si. The van der Waals surface area contributed by atoms with Gasteiger partial charge in [0.05, 0.1) is 0 Å². The highest BCUT2D eigenvalue weighted by Crippen LogP contribution is 2.25. The molecule has 0 aromatic carbocycles. The van der Waals surface area contributed by atoms with Gasteiger partial charge in [-0.25, -0.2) is 0 Å². The van der Waals surface area contributed by atoms with Crippen LogP contribution in [-0.2, 0) is 13.3 Å². The van der Waals surface area contributed by atoms with Gasteiger partial charge >= 0.3 is 15.0 Å². The first-order valence-corrected chi connectivity index (χ1v) is 7.72. The molecule has 0 N–H and O–H groups in total. The molecule has 104 valence electrons. The molecule has 0 unspecified atom stereocenters. The maximum atomic E-state index is 12.0. The van der Waals surface area contributed by atoms with Crippen molar-refractivity contribution in [3.8, 4) is 0 Å². The van der Waals surface area contributed by atoms with Gasteiger partial charge in [-0.2, -0.15) is 13.2 Å². The minimum atomic E-state index is -4.09. The van der Waals surface area contributed by atoms with Crippen LogP contribution in [0.3, 0.4) is 0 Å². The molecule has 0 fully saturated rings. The second kappa shape index (κ2) is 8.07. The largest absolute Gasteiger partial charge is 0.500 e. The first-order valence-electron chi connectivity index (χ1n) is 5.79. The Kier molecular flexibility index (Phi) is 8.02. The normalized spacial score (nSPS) is 13.1. The lowest BCUT2D eigenvalue weighted by molar-refractivity contribution is -0.135. The van der Waals surface area contributed by atoms with Crippen LogP contribution in [0.25, 0.3) is 0 Å². The van der Waals surface area contributed by atoms with Crippen LogP contribution < -0.4 is 0 Å². The van der Waals surface area contributed by atoms with Gasteiger partial charge in [-0.3, -0.25) is 0 Å². The van der Waals surface area contributed by atoms with Crippen molar-refractivity contribution in [2.75, 3.05) is 20.3 Å². The molecule has 0 radical (unpaired) electrons. The average Bonchev–Trinajstić information content (AvgIpc) is 2.23. The van der Waals surface area contributed by atoms with Crippen molar-refractivity contribution in [3.63, 3.8) is 0 Å². The molecule has 7 heteroatoms. The van der Waals surface area contributed by atoms with Gasteiger partial charge in [0, 0.05) is 32.8 Å². The van der Waals surface area contributed by atoms with Crippen molar-refractivity contribution in [1.29, 1.82) is 0 Å². The number of halogens is 3. The number of hydrogen-bond acceptors (Lipinski definition) is 3. The van der Waals surface area contributed by atoms with E-state index in [-0.39, 0.29) is 6.42 Å². The Morgan fingerprint density at radius 1 is 1.00 bits per heavy atom. The van der Waals surface area contributed by atoms with E-state index >= 15 is 0 Å². The van der Waals surface area contributed by atoms with E-state index in [1.807, 2.05) is 13.8 Å². The van der Waals surface area contributed by atoms with Gasteiger partial charge in [-0.05, 0) is 26.7 Å². The standard InChI is InChI=1S/C10H21F3O3Si/c1-4-15-17(14-3,16-5-2)9-7-6-8-10(11,12)13/h4-9H2,1-3H3. The van der Waals surface area contributed by atoms with Crippen LogP contribution in [0.5, 0.6) is 0 Å². The Hall–Kier alpha value is -0.113. The van der Waals surface area contributed by atoms with Crippen LogP contribution in [0.1, 0.15) is 33.1 Å². The zero-order valence-corrected chi connectivity index (χ0v) is 11.6. The predicted octanol–water partition coefficient (Wildman–Crippen LogP) is 3.38. The summed E-state index contributed by atoms with van der Waals surface area (Å²) < 4.78 is 52.1. The third kappa shape index (κ3) is 7.75. The molecule has 0 aromatic rings. The van der Waals surface area contributed by atoms with Crippen molar-refractivity contribution in [1.82, 2.24) is 0 Å². The smallest absolute Gasteiger partial charge is 0.377 e. The van der Waals surface area contributed by atoms with Crippen molar-refractivity contribution in [2.24, 2.45) is 0 Å². The molecule has 0 heterocycles. The van der Waals surface area contributed by atoms with Gasteiger partial charge in [0.15, 0.2) is 0 Å². The van der Waals surface area contributed by atoms with E-state index in [1.165, 1.54) is 7.11 Å². The molecule has 0 bridgehead atoms. The molecule has 0 atom stereocenters. The summed E-state index contributed by atoms with van der Waals surface area (Å²) in [4.78, 5) is 0. The molecule has 0 aliphatic heterocycles. The minimum absolute atomic E-state index is 0.0851. The topological polar surface area (TPSA) is 27.7 Å². The van der Waals surface area contributed by atoms with Crippen molar-refractivity contribution in [2.45, 2.75) is 45.3 Å². The van der Waals surface area contributed by atoms with Crippen LogP contribution in [0.4, 0.5) is 13.2 Å². The van der Waals surface area contributed by atoms with Crippen LogP contribution in [0.2, 0.25) is 6.04 Å². The lowest BCUT2D eigenvalue weighted by atomic mass is 10.2. The molecule has 0 saturated heterocycles. The predicted molar refractivity (Wildman–Crippen MR) is 60.7 cm³/mol. The molecule has 3 nitrogen and oxygen atoms in total. The van der Waals surface area contributed by atoms with Gasteiger partial charge in [0.1, 0.15) is 0 Å². The van der Waals surface area contributed by atoms with Gasteiger partial charge in [-0.1, -0.05) is 0 Å². The molecule has 0 aromatic heterocycles. The molecule has 0 rings (SSSR count). The summed E-state index contributed by atoms with van der Waals surface area (Å²) in [6.45, 7) is 4.52. The van der Waals surface area contributed by atoms with Crippen molar-refractivity contribution >= 4 is 8.80 Å². The fraction of sp³-hybridized carbons (Fsp3) is 1.00. The number of rotatable bonds is 9. The number of alkyl halides is 3. The van der Waals surface area contributed by atoms with Crippen LogP contribution in [-0.4, -0.2) is 35.3 Å². The van der Waals surface area contributed by atoms with Crippen molar-refractivity contribution in [3.05, 3.63) is 0 Å². The summed E-state index contributed by atoms with van der Waals surface area (Å²) in [6, 6.07) is 0.432. The van der Waals surface area contributed by atoms with E-state index in [1.54, 1.807) is 0 Å². The molecule has 0 aliphatic carbocycles. The average molecular weight is 274 g/mol. The highest BCUT2D eigenvalue weighted by molar-refractivity contribution is 6.60. The first-order chi connectivity index (χ1) is 7.89.